The number of rotatable bonds is 8. The van der Waals surface area contributed by atoms with Gasteiger partial charge in [-0.05, 0) is 34.4 Å². The first kappa shape index (κ1) is 28.3. The number of aromatic nitrogens is 3. The lowest BCUT2D eigenvalue weighted by Gasteiger charge is -2.18. The molecular weight excluding hydrogens is 559 g/mol. The Balaban J connectivity index is 1.28. The molecule has 0 unspecified atom stereocenters. The van der Waals surface area contributed by atoms with Gasteiger partial charge in [0.1, 0.15) is 18.2 Å². The minimum Gasteiger partial charge on any atom is -0.467 e. The van der Waals surface area contributed by atoms with Gasteiger partial charge in [-0.1, -0.05) is 53.7 Å². The van der Waals surface area contributed by atoms with Crippen LogP contribution in [-0.2, 0) is 26.9 Å². The lowest BCUT2D eigenvalue weighted by Crippen LogP contribution is -2.43. The van der Waals surface area contributed by atoms with Crippen LogP contribution in [0.15, 0.2) is 72.9 Å². The van der Waals surface area contributed by atoms with E-state index in [1.165, 1.54) is 6.20 Å². The van der Waals surface area contributed by atoms with Crippen LogP contribution in [0.4, 0.5) is 23.7 Å². The predicted octanol–water partition coefficient (Wildman–Crippen LogP) is 4.82. The number of hydrogen-bond donors (Lipinski definition) is 1. The fourth-order valence-corrected chi connectivity index (χ4v) is 4.90. The third-order valence-electron chi connectivity index (χ3n) is 6.82. The number of ether oxygens (including phenoxy) is 2. The van der Waals surface area contributed by atoms with Crippen LogP contribution >= 0.6 is 0 Å². The first-order valence-corrected chi connectivity index (χ1v) is 12.5. The zero-order chi connectivity index (χ0) is 30.0. The maximum Gasteiger partial charge on any atom is 0.423 e. The molecule has 0 bridgehead atoms. The van der Waals surface area contributed by atoms with Gasteiger partial charge in [-0.2, -0.15) is 13.2 Å². The maximum atomic E-state index is 13.4. The first-order chi connectivity index (χ1) is 20.1. The quantitative estimate of drug-likeness (QED) is 0.178. The van der Waals surface area contributed by atoms with Crippen molar-refractivity contribution in [1.82, 2.24) is 20.3 Å². The summed E-state index contributed by atoms with van der Waals surface area (Å²) in [6.07, 6.45) is -4.86. The normalized spacial score (nSPS) is 13.1. The highest BCUT2D eigenvalue weighted by Gasteiger charge is 2.38. The fourth-order valence-electron chi connectivity index (χ4n) is 4.90. The van der Waals surface area contributed by atoms with Crippen molar-refractivity contribution in [3.63, 3.8) is 0 Å². The van der Waals surface area contributed by atoms with Crippen molar-refractivity contribution < 1.29 is 37.2 Å². The molecule has 1 atom stereocenters. The fraction of sp³-hybridized carbons (Fsp3) is 0.214. The van der Waals surface area contributed by atoms with E-state index in [9.17, 15) is 32.9 Å². The number of carbonyl (C=O) groups is 2. The van der Waals surface area contributed by atoms with Gasteiger partial charge in [0, 0.05) is 18.4 Å². The lowest BCUT2D eigenvalue weighted by molar-refractivity contribution is -0.388. The van der Waals surface area contributed by atoms with Crippen LogP contribution in [0.5, 0.6) is 0 Å². The van der Waals surface area contributed by atoms with E-state index in [4.69, 9.17) is 9.47 Å². The van der Waals surface area contributed by atoms with Crippen molar-refractivity contribution in [1.29, 1.82) is 0 Å². The Morgan fingerprint density at radius 3 is 2.31 bits per heavy atom. The van der Waals surface area contributed by atoms with E-state index in [0.29, 0.717) is 6.07 Å². The van der Waals surface area contributed by atoms with Gasteiger partial charge < -0.3 is 14.8 Å². The number of halogens is 3. The third-order valence-corrected chi connectivity index (χ3v) is 6.82. The highest BCUT2D eigenvalue weighted by molar-refractivity contribution is 5.82. The number of methoxy groups -OCH3 is 1. The summed E-state index contributed by atoms with van der Waals surface area (Å²) in [5, 5.41) is 21.1. The van der Waals surface area contributed by atoms with E-state index in [1.807, 2.05) is 48.5 Å². The van der Waals surface area contributed by atoms with Gasteiger partial charge in [0.2, 0.25) is 0 Å². The summed E-state index contributed by atoms with van der Waals surface area (Å²) in [7, 11) is 1.13. The number of carbonyl (C=O) groups excluding carboxylic acids is 2. The molecule has 1 aliphatic carbocycles. The van der Waals surface area contributed by atoms with E-state index in [2.05, 4.69) is 15.6 Å². The minimum atomic E-state index is -4.98. The maximum absolute atomic E-state index is 13.4. The average Bonchev–Trinajstić information content (AvgIpc) is 3.57. The zero-order valence-corrected chi connectivity index (χ0v) is 21.9. The molecule has 1 aliphatic rings. The van der Waals surface area contributed by atoms with Crippen LogP contribution in [0.25, 0.3) is 16.8 Å². The standard InChI is InChI=1S/C28H22F3N5O6/c1-41-26(37)24(12-16-14-35(34-33-16)17-10-11-25(36(39)40)23(13-17)28(29,30)31)32-27(38)42-15-22-20-8-4-2-6-18(20)19-7-3-5-9-21(19)22/h2-11,13-14,22,24H,12,15H2,1H3,(H,32,38)/t24-/m0/s1. The van der Waals surface area contributed by atoms with Gasteiger partial charge in [0.25, 0.3) is 5.69 Å². The molecule has 0 aliphatic heterocycles. The smallest absolute Gasteiger partial charge is 0.423 e. The second kappa shape index (κ2) is 11.3. The predicted molar refractivity (Wildman–Crippen MR) is 141 cm³/mol. The summed E-state index contributed by atoms with van der Waals surface area (Å²) < 4.78 is 51.4. The number of benzene rings is 3. The van der Waals surface area contributed by atoms with Crippen LogP contribution in [0.3, 0.4) is 0 Å². The summed E-state index contributed by atoms with van der Waals surface area (Å²) in [6.45, 7) is 0.00557. The van der Waals surface area contributed by atoms with Gasteiger partial charge in [-0.25, -0.2) is 14.3 Å². The highest BCUT2D eigenvalue weighted by Crippen LogP contribution is 2.44. The second-order valence-corrected chi connectivity index (χ2v) is 9.36. The number of fused-ring (bicyclic) bond motifs is 3. The molecule has 1 N–H and O–H groups in total. The topological polar surface area (TPSA) is 138 Å². The molecule has 11 nitrogen and oxygen atoms in total. The van der Waals surface area contributed by atoms with Gasteiger partial charge >= 0.3 is 18.2 Å². The largest absolute Gasteiger partial charge is 0.467 e. The monoisotopic (exact) mass is 581 g/mol. The average molecular weight is 582 g/mol. The highest BCUT2D eigenvalue weighted by atomic mass is 19.4. The van der Waals surface area contributed by atoms with E-state index in [0.717, 1.165) is 46.2 Å². The van der Waals surface area contributed by atoms with Crippen LogP contribution in [-0.4, -0.2) is 51.7 Å². The summed E-state index contributed by atoms with van der Waals surface area (Å²) >= 11 is 0. The molecule has 0 radical (unpaired) electrons. The Bertz CT molecular complexity index is 1630. The molecule has 5 rings (SSSR count). The molecule has 3 aromatic carbocycles. The molecule has 216 valence electrons. The molecule has 1 heterocycles. The Hall–Kier alpha value is -5.27. The van der Waals surface area contributed by atoms with Crippen LogP contribution in [0.2, 0.25) is 0 Å². The molecule has 4 aromatic rings. The number of alkyl halides is 3. The first-order valence-electron chi connectivity index (χ1n) is 12.5. The third kappa shape index (κ3) is 5.64. The van der Waals surface area contributed by atoms with Crippen molar-refractivity contribution in [2.24, 2.45) is 0 Å². The molecule has 1 aromatic heterocycles. The van der Waals surface area contributed by atoms with Crippen molar-refractivity contribution in [2.45, 2.75) is 24.6 Å². The van der Waals surface area contributed by atoms with Gasteiger partial charge in [0.15, 0.2) is 0 Å². The number of hydrogen-bond acceptors (Lipinski definition) is 8. The SMILES string of the molecule is COC(=O)[C@H](Cc1cn(-c2ccc([N+](=O)[O-])c(C(F)(F)F)c2)nn1)NC(=O)OCC1c2ccccc2-c2ccccc21. The summed E-state index contributed by atoms with van der Waals surface area (Å²) in [4.78, 5) is 35.1. The molecule has 14 heteroatoms. The van der Waals surface area contributed by atoms with Gasteiger partial charge in [-0.3, -0.25) is 10.1 Å². The molecular formula is C28H22F3N5O6. The van der Waals surface area contributed by atoms with Crippen LogP contribution < -0.4 is 5.32 Å². The molecule has 0 fully saturated rings. The number of nitrogens with zero attached hydrogens (tertiary/aromatic N) is 4. The zero-order valence-electron chi connectivity index (χ0n) is 21.9. The van der Waals surface area contributed by atoms with E-state index in [-0.39, 0.29) is 30.3 Å². The minimum absolute atomic E-state index is 0.00557. The molecule has 42 heavy (non-hydrogen) atoms. The summed E-state index contributed by atoms with van der Waals surface area (Å²) in [6, 6.07) is 16.7. The van der Waals surface area contributed by atoms with Crippen LogP contribution in [0, 0.1) is 10.1 Å². The number of amides is 1. The van der Waals surface area contributed by atoms with Crippen molar-refractivity contribution >= 4 is 17.7 Å². The number of nitro benzene ring substituents is 1. The van der Waals surface area contributed by atoms with Crippen LogP contribution in [0.1, 0.15) is 28.3 Å². The van der Waals surface area contributed by atoms with E-state index >= 15 is 0 Å². The van der Waals surface area contributed by atoms with Crippen molar-refractivity contribution in [3.8, 4) is 16.8 Å². The molecule has 0 saturated carbocycles. The Kier molecular flexibility index (Phi) is 7.61. The second-order valence-electron chi connectivity index (χ2n) is 9.36. The summed E-state index contributed by atoms with van der Waals surface area (Å²) in [5.41, 5.74) is 1.53. The van der Waals surface area contributed by atoms with E-state index in [1.54, 1.807) is 0 Å². The van der Waals surface area contributed by atoms with Crippen molar-refractivity contribution in [2.75, 3.05) is 13.7 Å². The Morgan fingerprint density at radius 1 is 1.07 bits per heavy atom. The Morgan fingerprint density at radius 2 is 1.71 bits per heavy atom. The molecule has 1 amide bonds. The lowest BCUT2D eigenvalue weighted by atomic mass is 9.98. The number of esters is 1. The molecule has 0 saturated heterocycles. The summed E-state index contributed by atoms with van der Waals surface area (Å²) in [5.74, 6) is -1.02. The molecule has 0 spiro atoms. The Labute approximate surface area is 236 Å². The van der Waals surface area contributed by atoms with Crippen molar-refractivity contribution in [3.05, 3.63) is 105 Å². The number of alkyl carbamates (subject to hydrolysis) is 1. The number of nitro groups is 1. The van der Waals surface area contributed by atoms with E-state index < -0.39 is 40.5 Å². The number of nitrogens with one attached hydrogen (secondary N) is 1. The van der Waals surface area contributed by atoms with Gasteiger partial charge in [-0.15, -0.1) is 5.10 Å². The van der Waals surface area contributed by atoms with Gasteiger partial charge in [0.05, 0.1) is 29.6 Å².